The summed E-state index contributed by atoms with van der Waals surface area (Å²) in [7, 11) is 0. The Bertz CT molecular complexity index is 223. The van der Waals surface area contributed by atoms with Crippen LogP contribution < -0.4 is 0 Å². The van der Waals surface area contributed by atoms with E-state index in [2.05, 4.69) is 6.92 Å². The first-order chi connectivity index (χ1) is 8.20. The molecule has 1 fully saturated rings. The van der Waals surface area contributed by atoms with Crippen molar-refractivity contribution in [3.05, 3.63) is 0 Å². The van der Waals surface area contributed by atoms with E-state index in [-0.39, 0.29) is 12.1 Å². The lowest BCUT2D eigenvalue weighted by Crippen LogP contribution is -2.38. The minimum Gasteiger partial charge on any atom is -0.466 e. The van der Waals surface area contributed by atoms with Crippen molar-refractivity contribution in [1.29, 1.82) is 0 Å². The Morgan fingerprint density at radius 1 is 1.53 bits per heavy atom. The van der Waals surface area contributed by atoms with Crippen molar-refractivity contribution in [2.45, 2.75) is 58.2 Å². The summed E-state index contributed by atoms with van der Waals surface area (Å²) in [5.74, 6) is -0.720. The zero-order valence-corrected chi connectivity index (χ0v) is 10.9. The molecule has 0 bridgehead atoms. The molecular weight excluding hydrogens is 220 g/mol. The monoisotopic (exact) mass is 244 g/mol. The summed E-state index contributed by atoms with van der Waals surface area (Å²) in [6, 6.07) is 0. The third-order valence-corrected chi connectivity index (χ3v) is 3.22. The molecule has 1 heterocycles. The molecule has 1 N–H and O–H groups in total. The van der Waals surface area contributed by atoms with E-state index < -0.39 is 12.0 Å². The van der Waals surface area contributed by atoms with Gasteiger partial charge in [0.1, 0.15) is 0 Å². The molecule has 0 unspecified atom stereocenters. The third kappa shape index (κ3) is 4.28. The fraction of sp³-hybridized carbons (Fsp3) is 0.923. The average molecular weight is 244 g/mol. The van der Waals surface area contributed by atoms with Gasteiger partial charge >= 0.3 is 5.97 Å². The molecule has 1 saturated heterocycles. The first-order valence-electron chi connectivity index (χ1n) is 6.67. The van der Waals surface area contributed by atoms with Crippen LogP contribution >= 0.6 is 0 Å². The van der Waals surface area contributed by atoms with E-state index in [1.54, 1.807) is 6.92 Å². The molecule has 1 aliphatic heterocycles. The van der Waals surface area contributed by atoms with Crippen LogP contribution in [0.4, 0.5) is 0 Å². The molecule has 4 heteroatoms. The largest absolute Gasteiger partial charge is 0.466 e. The number of hydrogen-bond donors (Lipinski definition) is 1. The molecule has 0 radical (unpaired) electrons. The van der Waals surface area contributed by atoms with E-state index in [1.807, 2.05) is 0 Å². The highest BCUT2D eigenvalue weighted by Crippen LogP contribution is 2.25. The number of carbonyl (C=O) groups is 1. The van der Waals surface area contributed by atoms with Gasteiger partial charge in [0.2, 0.25) is 0 Å². The number of rotatable bonds is 7. The molecule has 1 rings (SSSR count). The van der Waals surface area contributed by atoms with Crippen molar-refractivity contribution in [3.8, 4) is 0 Å². The predicted octanol–water partition coefficient (Wildman–Crippen LogP) is 1.90. The SMILES string of the molecule is CCCC[C@@H](C(=O)OCC)[C@@H](O)[C@@H]1CCCO1. The van der Waals surface area contributed by atoms with Crippen LogP contribution in [0.25, 0.3) is 0 Å². The molecule has 3 atom stereocenters. The fourth-order valence-electron chi connectivity index (χ4n) is 2.23. The Kier molecular flexibility index (Phi) is 6.52. The fourth-order valence-corrected chi connectivity index (χ4v) is 2.23. The second-order valence-corrected chi connectivity index (χ2v) is 4.54. The Morgan fingerprint density at radius 3 is 2.82 bits per heavy atom. The zero-order chi connectivity index (χ0) is 12.7. The van der Waals surface area contributed by atoms with Gasteiger partial charge in [-0.15, -0.1) is 0 Å². The van der Waals surface area contributed by atoms with Crippen molar-refractivity contribution < 1.29 is 19.4 Å². The van der Waals surface area contributed by atoms with Gasteiger partial charge in [0.05, 0.1) is 24.7 Å². The molecule has 100 valence electrons. The summed E-state index contributed by atoms with van der Waals surface area (Å²) in [4.78, 5) is 11.8. The van der Waals surface area contributed by atoms with Crippen molar-refractivity contribution in [3.63, 3.8) is 0 Å². The molecule has 0 spiro atoms. The molecule has 4 nitrogen and oxygen atoms in total. The van der Waals surface area contributed by atoms with Crippen LogP contribution in [0.5, 0.6) is 0 Å². The number of aliphatic hydroxyl groups is 1. The lowest BCUT2D eigenvalue weighted by atomic mass is 9.91. The number of unbranched alkanes of at least 4 members (excludes halogenated alkanes) is 1. The van der Waals surface area contributed by atoms with Crippen LogP contribution in [-0.4, -0.2) is 36.5 Å². The molecule has 17 heavy (non-hydrogen) atoms. The molecule has 1 aliphatic rings. The highest BCUT2D eigenvalue weighted by atomic mass is 16.5. The van der Waals surface area contributed by atoms with Gasteiger partial charge in [-0.25, -0.2) is 0 Å². The van der Waals surface area contributed by atoms with Crippen LogP contribution in [0.2, 0.25) is 0 Å². The zero-order valence-electron chi connectivity index (χ0n) is 10.9. The Hall–Kier alpha value is -0.610. The standard InChI is InChI=1S/C13H24O4/c1-3-5-7-10(13(15)16-4-2)12(14)11-8-6-9-17-11/h10-12,14H,3-9H2,1-2H3/t10-,11+,12-/m1/s1. The number of esters is 1. The van der Waals surface area contributed by atoms with Crippen molar-refractivity contribution in [1.82, 2.24) is 0 Å². The Balaban J connectivity index is 2.56. The van der Waals surface area contributed by atoms with Gasteiger partial charge < -0.3 is 14.6 Å². The van der Waals surface area contributed by atoms with E-state index >= 15 is 0 Å². The van der Waals surface area contributed by atoms with Crippen LogP contribution in [0, 0.1) is 5.92 Å². The minimum absolute atomic E-state index is 0.193. The van der Waals surface area contributed by atoms with E-state index in [4.69, 9.17) is 9.47 Å². The molecule has 0 aromatic heterocycles. The molecule has 0 aliphatic carbocycles. The lowest BCUT2D eigenvalue weighted by molar-refractivity contribution is -0.156. The van der Waals surface area contributed by atoms with E-state index in [0.717, 1.165) is 25.7 Å². The average Bonchev–Trinajstić information content (AvgIpc) is 2.83. The molecular formula is C13H24O4. The highest BCUT2D eigenvalue weighted by molar-refractivity contribution is 5.73. The van der Waals surface area contributed by atoms with Crippen LogP contribution in [0.1, 0.15) is 46.0 Å². The van der Waals surface area contributed by atoms with E-state index in [0.29, 0.717) is 19.6 Å². The summed E-state index contributed by atoms with van der Waals surface area (Å²) in [6.07, 6.45) is 3.50. The van der Waals surface area contributed by atoms with Crippen molar-refractivity contribution in [2.24, 2.45) is 5.92 Å². The summed E-state index contributed by atoms with van der Waals surface area (Å²) in [5, 5.41) is 10.2. The lowest BCUT2D eigenvalue weighted by Gasteiger charge is -2.25. The number of ether oxygens (including phenoxy) is 2. The molecule has 0 aromatic carbocycles. The number of hydrogen-bond acceptors (Lipinski definition) is 4. The van der Waals surface area contributed by atoms with Crippen LogP contribution in [0.3, 0.4) is 0 Å². The van der Waals surface area contributed by atoms with Gasteiger partial charge in [-0.3, -0.25) is 4.79 Å². The smallest absolute Gasteiger partial charge is 0.311 e. The predicted molar refractivity (Wildman–Crippen MR) is 64.6 cm³/mol. The minimum atomic E-state index is -0.719. The van der Waals surface area contributed by atoms with Gasteiger partial charge in [0.25, 0.3) is 0 Å². The Morgan fingerprint density at radius 2 is 2.29 bits per heavy atom. The van der Waals surface area contributed by atoms with Gasteiger partial charge in [-0.1, -0.05) is 19.8 Å². The van der Waals surface area contributed by atoms with Gasteiger partial charge in [-0.05, 0) is 26.2 Å². The number of aliphatic hydroxyl groups excluding tert-OH is 1. The van der Waals surface area contributed by atoms with Crippen molar-refractivity contribution >= 4 is 5.97 Å². The molecule has 0 aromatic rings. The molecule has 0 amide bonds. The third-order valence-electron chi connectivity index (χ3n) is 3.22. The maximum Gasteiger partial charge on any atom is 0.311 e. The number of carbonyl (C=O) groups excluding carboxylic acids is 1. The Labute approximate surface area is 103 Å². The summed E-state index contributed by atoms with van der Waals surface area (Å²) >= 11 is 0. The highest BCUT2D eigenvalue weighted by Gasteiger charge is 2.35. The van der Waals surface area contributed by atoms with E-state index in [1.165, 1.54) is 0 Å². The van der Waals surface area contributed by atoms with Gasteiger partial charge in [0, 0.05) is 6.61 Å². The van der Waals surface area contributed by atoms with Gasteiger partial charge in [0.15, 0.2) is 0 Å². The van der Waals surface area contributed by atoms with E-state index in [9.17, 15) is 9.90 Å². The maximum atomic E-state index is 11.8. The maximum absolute atomic E-state index is 11.8. The van der Waals surface area contributed by atoms with Crippen LogP contribution in [0.15, 0.2) is 0 Å². The first-order valence-corrected chi connectivity index (χ1v) is 6.67. The van der Waals surface area contributed by atoms with Crippen LogP contribution in [-0.2, 0) is 14.3 Å². The summed E-state index contributed by atoms with van der Waals surface area (Å²) in [6.45, 7) is 4.90. The topological polar surface area (TPSA) is 55.8 Å². The second-order valence-electron chi connectivity index (χ2n) is 4.54. The summed E-state index contributed by atoms with van der Waals surface area (Å²) < 4.78 is 10.5. The normalized spacial score (nSPS) is 23.4. The van der Waals surface area contributed by atoms with Gasteiger partial charge in [-0.2, -0.15) is 0 Å². The summed E-state index contributed by atoms with van der Waals surface area (Å²) in [5.41, 5.74) is 0. The van der Waals surface area contributed by atoms with Crippen molar-refractivity contribution in [2.75, 3.05) is 13.2 Å². The first kappa shape index (κ1) is 14.5. The quantitative estimate of drug-likeness (QED) is 0.695. The molecule has 0 saturated carbocycles. The second kappa shape index (κ2) is 7.67.